The lowest BCUT2D eigenvalue weighted by atomic mass is 9.72. The lowest BCUT2D eigenvalue weighted by Crippen LogP contribution is -2.30. The molecule has 0 heterocycles. The smallest absolute Gasteiger partial charge is 0.306 e. The SMILES string of the molecule is CC(C)CC(=O)OC1CCC(C(C)(C)C)CC1. The second kappa shape index (κ2) is 5.88. The summed E-state index contributed by atoms with van der Waals surface area (Å²) < 4.78 is 5.52. The fraction of sp³-hybridized carbons (Fsp3) is 0.933. The van der Waals surface area contributed by atoms with Crippen LogP contribution >= 0.6 is 0 Å². The third-order valence-electron chi connectivity index (χ3n) is 3.77. The number of ether oxygens (including phenoxy) is 1. The first-order chi connectivity index (χ1) is 7.79. The molecular formula is C15H28O2. The molecule has 0 N–H and O–H groups in total. The minimum Gasteiger partial charge on any atom is -0.462 e. The summed E-state index contributed by atoms with van der Waals surface area (Å²) >= 11 is 0. The van der Waals surface area contributed by atoms with E-state index in [0.717, 1.165) is 18.8 Å². The van der Waals surface area contributed by atoms with Crippen molar-refractivity contribution >= 4 is 5.97 Å². The van der Waals surface area contributed by atoms with Gasteiger partial charge in [0.05, 0.1) is 0 Å². The largest absolute Gasteiger partial charge is 0.462 e. The van der Waals surface area contributed by atoms with Crippen LogP contribution in [0, 0.1) is 17.3 Å². The molecule has 0 spiro atoms. The average Bonchev–Trinajstić information content (AvgIpc) is 2.15. The van der Waals surface area contributed by atoms with Gasteiger partial charge in [0.1, 0.15) is 6.10 Å². The summed E-state index contributed by atoms with van der Waals surface area (Å²) in [6.45, 7) is 11.0. The number of carbonyl (C=O) groups excluding carboxylic acids is 1. The molecule has 1 aliphatic carbocycles. The van der Waals surface area contributed by atoms with E-state index in [4.69, 9.17) is 4.74 Å². The predicted octanol–water partition coefficient (Wildman–Crippen LogP) is 4.18. The standard InChI is InChI=1S/C15H28O2/c1-11(2)10-14(16)17-13-8-6-12(7-9-13)15(3,4)5/h11-13H,6-10H2,1-5H3. The van der Waals surface area contributed by atoms with Crippen LogP contribution < -0.4 is 0 Å². The molecule has 1 fully saturated rings. The Balaban J connectivity index is 2.30. The number of hydrogen-bond acceptors (Lipinski definition) is 2. The molecule has 1 aliphatic rings. The van der Waals surface area contributed by atoms with Crippen LogP contribution in [-0.2, 0) is 9.53 Å². The topological polar surface area (TPSA) is 26.3 Å². The first kappa shape index (κ1) is 14.5. The molecule has 0 aromatic heterocycles. The Hall–Kier alpha value is -0.530. The molecule has 1 saturated carbocycles. The highest BCUT2D eigenvalue weighted by atomic mass is 16.5. The Bertz CT molecular complexity index is 242. The normalized spacial score (nSPS) is 26.0. The molecule has 100 valence electrons. The summed E-state index contributed by atoms with van der Waals surface area (Å²) in [6, 6.07) is 0. The molecule has 0 amide bonds. The van der Waals surface area contributed by atoms with E-state index in [1.54, 1.807) is 0 Å². The number of esters is 1. The van der Waals surface area contributed by atoms with E-state index < -0.39 is 0 Å². The molecule has 0 atom stereocenters. The molecule has 2 nitrogen and oxygen atoms in total. The Kier molecular flexibility index (Phi) is 5.03. The summed E-state index contributed by atoms with van der Waals surface area (Å²) in [7, 11) is 0. The van der Waals surface area contributed by atoms with E-state index in [0.29, 0.717) is 17.8 Å². The summed E-state index contributed by atoms with van der Waals surface area (Å²) in [4.78, 5) is 11.6. The van der Waals surface area contributed by atoms with Crippen molar-refractivity contribution in [2.24, 2.45) is 17.3 Å². The molecule has 0 bridgehead atoms. The second-order valence-electron chi connectivity index (χ2n) is 6.93. The van der Waals surface area contributed by atoms with E-state index in [1.165, 1.54) is 12.8 Å². The zero-order valence-corrected chi connectivity index (χ0v) is 12.1. The number of carbonyl (C=O) groups is 1. The van der Waals surface area contributed by atoms with E-state index in [-0.39, 0.29) is 12.1 Å². The van der Waals surface area contributed by atoms with Crippen LogP contribution in [-0.4, -0.2) is 12.1 Å². The molecule has 17 heavy (non-hydrogen) atoms. The van der Waals surface area contributed by atoms with Gasteiger partial charge in [-0.3, -0.25) is 4.79 Å². The zero-order chi connectivity index (χ0) is 13.1. The zero-order valence-electron chi connectivity index (χ0n) is 12.1. The van der Waals surface area contributed by atoms with Crippen molar-refractivity contribution in [3.05, 3.63) is 0 Å². The van der Waals surface area contributed by atoms with Gasteiger partial charge in [0, 0.05) is 6.42 Å². The summed E-state index contributed by atoms with van der Waals surface area (Å²) in [6.07, 6.45) is 5.23. The predicted molar refractivity (Wildman–Crippen MR) is 70.7 cm³/mol. The highest BCUT2D eigenvalue weighted by Crippen LogP contribution is 2.38. The maximum atomic E-state index is 11.6. The van der Waals surface area contributed by atoms with Crippen molar-refractivity contribution in [2.45, 2.75) is 72.8 Å². The Labute approximate surface area is 106 Å². The van der Waals surface area contributed by atoms with Crippen LogP contribution in [0.25, 0.3) is 0 Å². The molecule has 0 aromatic rings. The van der Waals surface area contributed by atoms with Gasteiger partial charge in [0.15, 0.2) is 0 Å². The third-order valence-corrected chi connectivity index (χ3v) is 3.77. The van der Waals surface area contributed by atoms with E-state index in [1.807, 2.05) is 0 Å². The van der Waals surface area contributed by atoms with Crippen molar-refractivity contribution < 1.29 is 9.53 Å². The summed E-state index contributed by atoms with van der Waals surface area (Å²) in [5.74, 6) is 1.16. The van der Waals surface area contributed by atoms with Crippen LogP contribution in [0.15, 0.2) is 0 Å². The van der Waals surface area contributed by atoms with Crippen LogP contribution in [0.4, 0.5) is 0 Å². The fourth-order valence-corrected chi connectivity index (χ4v) is 2.61. The molecular weight excluding hydrogens is 212 g/mol. The van der Waals surface area contributed by atoms with Gasteiger partial charge in [0.25, 0.3) is 0 Å². The molecule has 0 saturated heterocycles. The first-order valence-corrected chi connectivity index (χ1v) is 6.98. The summed E-state index contributed by atoms with van der Waals surface area (Å²) in [5, 5.41) is 0. The van der Waals surface area contributed by atoms with E-state index in [9.17, 15) is 4.79 Å². The van der Waals surface area contributed by atoms with Crippen molar-refractivity contribution in [1.82, 2.24) is 0 Å². The van der Waals surface area contributed by atoms with Crippen molar-refractivity contribution in [3.63, 3.8) is 0 Å². The van der Waals surface area contributed by atoms with Gasteiger partial charge in [-0.1, -0.05) is 34.6 Å². The fourth-order valence-electron chi connectivity index (χ4n) is 2.61. The van der Waals surface area contributed by atoms with Crippen molar-refractivity contribution in [1.29, 1.82) is 0 Å². The lowest BCUT2D eigenvalue weighted by molar-refractivity contribution is -0.152. The van der Waals surface area contributed by atoms with Gasteiger partial charge in [-0.2, -0.15) is 0 Å². The van der Waals surface area contributed by atoms with Gasteiger partial charge in [-0.15, -0.1) is 0 Å². The second-order valence-corrected chi connectivity index (χ2v) is 6.93. The van der Waals surface area contributed by atoms with Gasteiger partial charge < -0.3 is 4.74 Å². The van der Waals surface area contributed by atoms with Crippen LogP contribution in [0.5, 0.6) is 0 Å². The quantitative estimate of drug-likeness (QED) is 0.692. The lowest BCUT2D eigenvalue weighted by Gasteiger charge is -2.36. The molecule has 1 rings (SSSR count). The molecule has 0 aliphatic heterocycles. The van der Waals surface area contributed by atoms with Gasteiger partial charge in [-0.05, 0) is 42.9 Å². The number of rotatable bonds is 3. The van der Waals surface area contributed by atoms with Crippen molar-refractivity contribution in [2.75, 3.05) is 0 Å². The Morgan fingerprint density at radius 2 is 1.71 bits per heavy atom. The van der Waals surface area contributed by atoms with E-state index in [2.05, 4.69) is 34.6 Å². The minimum atomic E-state index is -0.0146. The number of hydrogen-bond donors (Lipinski definition) is 0. The highest BCUT2D eigenvalue weighted by molar-refractivity contribution is 5.69. The Morgan fingerprint density at radius 3 is 2.12 bits per heavy atom. The first-order valence-electron chi connectivity index (χ1n) is 6.98. The maximum absolute atomic E-state index is 11.6. The van der Waals surface area contributed by atoms with Crippen LogP contribution in [0.2, 0.25) is 0 Å². The average molecular weight is 240 g/mol. The molecule has 0 unspecified atom stereocenters. The van der Waals surface area contributed by atoms with Gasteiger partial charge in [0.2, 0.25) is 0 Å². The van der Waals surface area contributed by atoms with Crippen molar-refractivity contribution in [3.8, 4) is 0 Å². The summed E-state index contributed by atoms with van der Waals surface area (Å²) in [5.41, 5.74) is 0.396. The van der Waals surface area contributed by atoms with Gasteiger partial charge in [-0.25, -0.2) is 0 Å². The minimum absolute atomic E-state index is 0.0146. The highest BCUT2D eigenvalue weighted by Gasteiger charge is 2.30. The third kappa shape index (κ3) is 5.10. The molecule has 0 radical (unpaired) electrons. The van der Waals surface area contributed by atoms with E-state index >= 15 is 0 Å². The van der Waals surface area contributed by atoms with Crippen LogP contribution in [0.1, 0.15) is 66.7 Å². The van der Waals surface area contributed by atoms with Gasteiger partial charge >= 0.3 is 5.97 Å². The monoisotopic (exact) mass is 240 g/mol. The van der Waals surface area contributed by atoms with Crippen LogP contribution in [0.3, 0.4) is 0 Å². The molecule has 2 heteroatoms. The molecule has 0 aromatic carbocycles. The Morgan fingerprint density at radius 1 is 1.18 bits per heavy atom. The maximum Gasteiger partial charge on any atom is 0.306 e.